The number of rotatable bonds is 5. The van der Waals surface area contributed by atoms with Gasteiger partial charge in [0.05, 0.1) is 6.54 Å². The summed E-state index contributed by atoms with van der Waals surface area (Å²) < 4.78 is 18.4. The predicted octanol–water partition coefficient (Wildman–Crippen LogP) is 2.05. The summed E-state index contributed by atoms with van der Waals surface area (Å²) in [5.74, 6) is 0.131. The molecule has 4 nitrogen and oxygen atoms in total. The molecule has 1 aromatic rings. The quantitative estimate of drug-likeness (QED) is 0.842. The van der Waals surface area contributed by atoms with Crippen molar-refractivity contribution in [2.75, 3.05) is 6.54 Å². The molecule has 0 aliphatic heterocycles. The molecule has 0 aromatic heterocycles. The average Bonchev–Trinajstić information content (AvgIpc) is 3.10. The second-order valence-corrected chi connectivity index (χ2v) is 4.51. The number of benzene rings is 1. The number of amides is 2. The lowest BCUT2D eigenvalue weighted by molar-refractivity contribution is 0.207. The van der Waals surface area contributed by atoms with E-state index in [0.29, 0.717) is 18.3 Å². The monoisotopic (exact) mass is 252 g/mol. The SMILES string of the molecule is CC(CNC(=O)NC1CC1)Oc1cccc(F)c1. The van der Waals surface area contributed by atoms with Crippen molar-refractivity contribution in [3.05, 3.63) is 30.1 Å². The van der Waals surface area contributed by atoms with Gasteiger partial charge in [-0.25, -0.2) is 9.18 Å². The lowest BCUT2D eigenvalue weighted by atomic mass is 10.3. The van der Waals surface area contributed by atoms with E-state index in [1.54, 1.807) is 12.1 Å². The average molecular weight is 252 g/mol. The molecule has 2 amide bonds. The van der Waals surface area contributed by atoms with Crippen LogP contribution in [0.25, 0.3) is 0 Å². The number of hydrogen-bond donors (Lipinski definition) is 2. The van der Waals surface area contributed by atoms with Crippen molar-refractivity contribution in [3.63, 3.8) is 0 Å². The van der Waals surface area contributed by atoms with Crippen LogP contribution in [0.4, 0.5) is 9.18 Å². The van der Waals surface area contributed by atoms with Crippen LogP contribution in [0.3, 0.4) is 0 Å². The molecule has 1 aromatic carbocycles. The summed E-state index contributed by atoms with van der Waals surface area (Å²) in [4.78, 5) is 11.4. The van der Waals surface area contributed by atoms with Crippen LogP contribution >= 0.6 is 0 Å². The van der Waals surface area contributed by atoms with Crippen molar-refractivity contribution in [2.24, 2.45) is 0 Å². The van der Waals surface area contributed by atoms with Gasteiger partial charge in [-0.3, -0.25) is 0 Å². The second kappa shape index (κ2) is 5.71. The lowest BCUT2D eigenvalue weighted by Crippen LogP contribution is -2.41. The van der Waals surface area contributed by atoms with Gasteiger partial charge < -0.3 is 15.4 Å². The summed E-state index contributed by atoms with van der Waals surface area (Å²) in [5, 5.41) is 5.54. The van der Waals surface area contributed by atoms with Crippen molar-refractivity contribution in [2.45, 2.75) is 31.9 Å². The second-order valence-electron chi connectivity index (χ2n) is 4.51. The zero-order chi connectivity index (χ0) is 13.0. The zero-order valence-corrected chi connectivity index (χ0v) is 10.3. The van der Waals surface area contributed by atoms with Crippen molar-refractivity contribution in [1.29, 1.82) is 0 Å². The summed E-state index contributed by atoms with van der Waals surface area (Å²) in [7, 11) is 0. The first-order valence-corrected chi connectivity index (χ1v) is 6.10. The minimum atomic E-state index is -0.334. The molecule has 18 heavy (non-hydrogen) atoms. The Balaban J connectivity index is 1.70. The fourth-order valence-corrected chi connectivity index (χ4v) is 1.51. The summed E-state index contributed by atoms with van der Waals surface area (Å²) in [6.07, 6.45) is 1.91. The van der Waals surface area contributed by atoms with Crippen LogP contribution in [0.2, 0.25) is 0 Å². The van der Waals surface area contributed by atoms with E-state index in [0.717, 1.165) is 12.8 Å². The highest BCUT2D eigenvalue weighted by Gasteiger charge is 2.23. The molecule has 98 valence electrons. The molecular weight excluding hydrogens is 235 g/mol. The van der Waals surface area contributed by atoms with E-state index >= 15 is 0 Å². The third-order valence-electron chi connectivity index (χ3n) is 2.60. The smallest absolute Gasteiger partial charge is 0.315 e. The maximum Gasteiger partial charge on any atom is 0.315 e. The van der Waals surface area contributed by atoms with Crippen LogP contribution in [0, 0.1) is 5.82 Å². The number of carbonyl (C=O) groups excluding carboxylic acids is 1. The molecule has 1 aliphatic carbocycles. The maximum absolute atomic E-state index is 12.9. The van der Waals surface area contributed by atoms with E-state index in [1.165, 1.54) is 12.1 Å². The Labute approximate surface area is 106 Å². The lowest BCUT2D eigenvalue weighted by Gasteiger charge is -2.15. The van der Waals surface area contributed by atoms with Gasteiger partial charge in [0.15, 0.2) is 0 Å². The van der Waals surface area contributed by atoms with Crippen LogP contribution < -0.4 is 15.4 Å². The molecule has 1 fully saturated rings. The Bertz CT molecular complexity index is 421. The fourth-order valence-electron chi connectivity index (χ4n) is 1.51. The molecule has 1 unspecified atom stereocenters. The van der Waals surface area contributed by atoms with Gasteiger partial charge in [-0.15, -0.1) is 0 Å². The van der Waals surface area contributed by atoms with Gasteiger partial charge >= 0.3 is 6.03 Å². The molecule has 0 spiro atoms. The van der Waals surface area contributed by atoms with Crippen molar-refractivity contribution >= 4 is 6.03 Å². The summed E-state index contributed by atoms with van der Waals surface area (Å²) in [6.45, 7) is 2.21. The normalized spacial score (nSPS) is 15.9. The topological polar surface area (TPSA) is 50.4 Å². The number of nitrogens with one attached hydrogen (secondary N) is 2. The Morgan fingerprint density at radius 2 is 2.33 bits per heavy atom. The first-order chi connectivity index (χ1) is 8.63. The molecule has 1 atom stereocenters. The molecular formula is C13H17FN2O2. The number of ether oxygens (including phenoxy) is 1. The van der Waals surface area contributed by atoms with Crippen molar-refractivity contribution < 1.29 is 13.9 Å². The molecule has 2 N–H and O–H groups in total. The molecule has 0 saturated heterocycles. The van der Waals surface area contributed by atoms with Crippen molar-refractivity contribution in [3.8, 4) is 5.75 Å². The van der Waals surface area contributed by atoms with Crippen LogP contribution in [-0.2, 0) is 0 Å². The third-order valence-corrected chi connectivity index (χ3v) is 2.60. The van der Waals surface area contributed by atoms with Crippen molar-refractivity contribution in [1.82, 2.24) is 10.6 Å². The van der Waals surface area contributed by atoms with Crippen LogP contribution in [-0.4, -0.2) is 24.7 Å². The highest BCUT2D eigenvalue weighted by atomic mass is 19.1. The number of halogens is 1. The van der Waals surface area contributed by atoms with Gasteiger partial charge in [0, 0.05) is 12.1 Å². The Morgan fingerprint density at radius 3 is 3.00 bits per heavy atom. The van der Waals surface area contributed by atoms with Gasteiger partial charge in [-0.2, -0.15) is 0 Å². The van der Waals surface area contributed by atoms with E-state index in [9.17, 15) is 9.18 Å². The molecule has 1 saturated carbocycles. The number of urea groups is 1. The fraction of sp³-hybridized carbons (Fsp3) is 0.462. The van der Waals surface area contributed by atoms with Crippen LogP contribution in [0.5, 0.6) is 5.75 Å². The third kappa shape index (κ3) is 4.24. The zero-order valence-electron chi connectivity index (χ0n) is 10.3. The largest absolute Gasteiger partial charge is 0.489 e. The highest BCUT2D eigenvalue weighted by Crippen LogP contribution is 2.18. The molecule has 0 bridgehead atoms. The van der Waals surface area contributed by atoms with Gasteiger partial charge in [-0.1, -0.05) is 6.07 Å². The number of carbonyl (C=O) groups is 1. The van der Waals surface area contributed by atoms with Gasteiger partial charge in [0.25, 0.3) is 0 Å². The van der Waals surface area contributed by atoms with Crippen LogP contribution in [0.1, 0.15) is 19.8 Å². The molecule has 0 heterocycles. The van der Waals surface area contributed by atoms with E-state index < -0.39 is 0 Å². The van der Waals surface area contributed by atoms with Gasteiger partial charge in [-0.05, 0) is 31.9 Å². The summed E-state index contributed by atoms with van der Waals surface area (Å²) >= 11 is 0. The Kier molecular flexibility index (Phi) is 4.02. The number of hydrogen-bond acceptors (Lipinski definition) is 2. The predicted molar refractivity (Wildman–Crippen MR) is 66.0 cm³/mol. The molecule has 1 aliphatic rings. The van der Waals surface area contributed by atoms with E-state index in [4.69, 9.17) is 4.74 Å². The molecule has 2 rings (SSSR count). The maximum atomic E-state index is 12.9. The first kappa shape index (κ1) is 12.7. The van der Waals surface area contributed by atoms with Gasteiger partial charge in [0.1, 0.15) is 17.7 Å². The van der Waals surface area contributed by atoms with E-state index in [1.807, 2.05) is 6.92 Å². The highest BCUT2D eigenvalue weighted by molar-refractivity contribution is 5.74. The first-order valence-electron chi connectivity index (χ1n) is 6.10. The molecule has 5 heteroatoms. The summed E-state index contributed by atoms with van der Waals surface area (Å²) in [5.41, 5.74) is 0. The Hall–Kier alpha value is -1.78. The van der Waals surface area contributed by atoms with Crippen LogP contribution in [0.15, 0.2) is 24.3 Å². The molecule has 0 radical (unpaired) electrons. The Morgan fingerprint density at radius 1 is 1.56 bits per heavy atom. The minimum absolute atomic E-state index is 0.174. The van der Waals surface area contributed by atoms with Gasteiger partial charge in [0.2, 0.25) is 0 Å². The standard InChI is InChI=1S/C13H17FN2O2/c1-9(8-15-13(17)16-11-5-6-11)18-12-4-2-3-10(14)7-12/h2-4,7,9,11H,5-6,8H2,1H3,(H2,15,16,17). The van der Waals surface area contributed by atoms with E-state index in [-0.39, 0.29) is 18.0 Å². The minimum Gasteiger partial charge on any atom is -0.489 e. The summed E-state index contributed by atoms with van der Waals surface area (Å²) in [6, 6.07) is 6.12. The van der Waals surface area contributed by atoms with E-state index in [2.05, 4.69) is 10.6 Å².